The topological polar surface area (TPSA) is 24.1 Å². The lowest BCUT2D eigenvalue weighted by Crippen LogP contribution is -2.56. The Labute approximate surface area is 151 Å². The molecule has 1 atom stereocenters. The molecule has 4 saturated carbocycles. The molecule has 0 saturated heterocycles. The number of rotatable bonds is 3. The predicted molar refractivity (Wildman–Crippen MR) is 105 cm³/mol. The molecule has 1 aromatic rings. The summed E-state index contributed by atoms with van der Waals surface area (Å²) in [6.45, 7) is 6.67. The van der Waals surface area contributed by atoms with E-state index in [0.717, 1.165) is 28.6 Å². The van der Waals surface area contributed by atoms with Gasteiger partial charge in [-0.2, -0.15) is 0 Å². The smallest absolute Gasteiger partial charge is 0.171 e. The molecule has 130 valence electrons. The molecule has 0 radical (unpaired) electrons. The fraction of sp³-hybridized carbons (Fsp3) is 0.667. The summed E-state index contributed by atoms with van der Waals surface area (Å²) in [7, 11) is 0. The van der Waals surface area contributed by atoms with Crippen LogP contribution < -0.4 is 10.6 Å². The molecule has 0 heterocycles. The first-order valence-electron chi connectivity index (χ1n) is 9.59. The number of thiocarbonyl (C=S) groups is 1. The van der Waals surface area contributed by atoms with Crippen LogP contribution >= 0.6 is 12.2 Å². The zero-order valence-electron chi connectivity index (χ0n) is 15.2. The highest BCUT2D eigenvalue weighted by Crippen LogP contribution is 2.61. The van der Waals surface area contributed by atoms with E-state index < -0.39 is 0 Å². The van der Waals surface area contributed by atoms with E-state index in [4.69, 9.17) is 12.2 Å². The van der Waals surface area contributed by atoms with Crippen LogP contribution in [0.2, 0.25) is 0 Å². The van der Waals surface area contributed by atoms with Gasteiger partial charge in [0.15, 0.2) is 5.11 Å². The van der Waals surface area contributed by atoms with Gasteiger partial charge < -0.3 is 10.6 Å². The minimum atomic E-state index is 0.469. The van der Waals surface area contributed by atoms with Crippen molar-refractivity contribution >= 4 is 23.0 Å². The molecule has 0 amide bonds. The Bertz CT molecular complexity index is 616. The molecule has 1 unspecified atom stereocenters. The van der Waals surface area contributed by atoms with Gasteiger partial charge in [0.25, 0.3) is 0 Å². The van der Waals surface area contributed by atoms with Gasteiger partial charge in [0.1, 0.15) is 0 Å². The number of benzene rings is 1. The SMILES string of the molecule is Cc1cccc(NC(=S)NC(C)C23CC4CC(CC(C4)C2)C3)c1C. The average molecular weight is 343 g/mol. The summed E-state index contributed by atoms with van der Waals surface area (Å²) in [6.07, 6.45) is 8.74. The van der Waals surface area contributed by atoms with Crippen LogP contribution in [0, 0.1) is 37.0 Å². The van der Waals surface area contributed by atoms with E-state index >= 15 is 0 Å². The maximum absolute atomic E-state index is 5.65. The van der Waals surface area contributed by atoms with Gasteiger partial charge in [0, 0.05) is 11.7 Å². The van der Waals surface area contributed by atoms with Crippen molar-refractivity contribution in [1.82, 2.24) is 5.32 Å². The third kappa shape index (κ3) is 2.85. The number of hydrogen-bond donors (Lipinski definition) is 2. The van der Waals surface area contributed by atoms with E-state index in [1.165, 1.54) is 49.7 Å². The molecular weight excluding hydrogens is 312 g/mol. The van der Waals surface area contributed by atoms with Gasteiger partial charge in [-0.1, -0.05) is 12.1 Å². The van der Waals surface area contributed by atoms with E-state index in [9.17, 15) is 0 Å². The van der Waals surface area contributed by atoms with Gasteiger partial charge in [-0.3, -0.25) is 0 Å². The first kappa shape index (κ1) is 16.4. The Morgan fingerprint density at radius 1 is 1.08 bits per heavy atom. The summed E-state index contributed by atoms with van der Waals surface area (Å²) in [5.41, 5.74) is 4.20. The standard InChI is InChI=1S/C21H30N2S/c1-13-5-4-6-19(14(13)2)23-20(24)22-15(3)21-10-16-7-17(11-21)9-18(8-16)12-21/h4-6,15-18H,7-12H2,1-3H3,(H2,22,23,24). The first-order valence-corrected chi connectivity index (χ1v) is 10.00. The highest BCUT2D eigenvalue weighted by molar-refractivity contribution is 7.80. The van der Waals surface area contributed by atoms with Crippen LogP contribution in [0.3, 0.4) is 0 Å². The molecule has 1 aromatic carbocycles. The van der Waals surface area contributed by atoms with Gasteiger partial charge in [-0.05, 0) is 112 Å². The minimum absolute atomic E-state index is 0.469. The summed E-state index contributed by atoms with van der Waals surface area (Å²) in [5.74, 6) is 2.96. The van der Waals surface area contributed by atoms with Gasteiger partial charge in [-0.25, -0.2) is 0 Å². The highest BCUT2D eigenvalue weighted by atomic mass is 32.1. The monoisotopic (exact) mass is 342 g/mol. The fourth-order valence-corrected chi connectivity index (χ4v) is 6.39. The van der Waals surface area contributed by atoms with E-state index in [1.807, 2.05) is 0 Å². The normalized spacial score (nSPS) is 34.9. The molecule has 0 spiro atoms. The Balaban J connectivity index is 1.43. The van der Waals surface area contributed by atoms with Crippen LogP contribution in [0.1, 0.15) is 56.6 Å². The first-order chi connectivity index (χ1) is 11.4. The van der Waals surface area contributed by atoms with Crippen molar-refractivity contribution in [2.24, 2.45) is 23.2 Å². The zero-order chi connectivity index (χ0) is 16.9. The van der Waals surface area contributed by atoms with Crippen LogP contribution in [0.5, 0.6) is 0 Å². The van der Waals surface area contributed by atoms with Crippen molar-refractivity contribution < 1.29 is 0 Å². The quantitative estimate of drug-likeness (QED) is 0.739. The van der Waals surface area contributed by atoms with Crippen molar-refractivity contribution in [3.63, 3.8) is 0 Å². The van der Waals surface area contributed by atoms with Crippen LogP contribution in [0.25, 0.3) is 0 Å². The van der Waals surface area contributed by atoms with Crippen LogP contribution in [0.15, 0.2) is 18.2 Å². The molecule has 3 heteroatoms. The van der Waals surface area contributed by atoms with Crippen molar-refractivity contribution in [2.75, 3.05) is 5.32 Å². The maximum Gasteiger partial charge on any atom is 0.171 e. The Hall–Kier alpha value is -1.09. The Morgan fingerprint density at radius 2 is 1.67 bits per heavy atom. The lowest BCUT2D eigenvalue weighted by Gasteiger charge is -2.59. The summed E-state index contributed by atoms with van der Waals surface area (Å²) in [4.78, 5) is 0. The summed E-state index contributed by atoms with van der Waals surface area (Å²) in [6, 6.07) is 6.83. The van der Waals surface area contributed by atoms with Crippen molar-refractivity contribution in [3.05, 3.63) is 29.3 Å². The van der Waals surface area contributed by atoms with E-state index in [-0.39, 0.29) is 0 Å². The van der Waals surface area contributed by atoms with Gasteiger partial charge in [0.05, 0.1) is 0 Å². The average Bonchev–Trinajstić information content (AvgIpc) is 2.50. The summed E-state index contributed by atoms with van der Waals surface area (Å²) >= 11 is 5.65. The fourth-order valence-electron chi connectivity index (χ4n) is 6.10. The zero-order valence-corrected chi connectivity index (χ0v) is 16.0. The van der Waals surface area contributed by atoms with Crippen LogP contribution in [-0.2, 0) is 0 Å². The largest absolute Gasteiger partial charge is 0.359 e. The van der Waals surface area contributed by atoms with Crippen molar-refractivity contribution in [3.8, 4) is 0 Å². The molecule has 5 rings (SSSR count). The van der Waals surface area contributed by atoms with Gasteiger partial charge in [-0.15, -0.1) is 0 Å². The van der Waals surface area contributed by atoms with Crippen LogP contribution in [-0.4, -0.2) is 11.2 Å². The molecule has 4 aliphatic carbocycles. The van der Waals surface area contributed by atoms with Gasteiger partial charge in [0.2, 0.25) is 0 Å². The Morgan fingerprint density at radius 3 is 2.25 bits per heavy atom. The van der Waals surface area contributed by atoms with Crippen molar-refractivity contribution in [1.29, 1.82) is 0 Å². The van der Waals surface area contributed by atoms with Crippen LogP contribution in [0.4, 0.5) is 5.69 Å². The molecule has 4 bridgehead atoms. The third-order valence-corrected chi connectivity index (χ3v) is 7.42. The second kappa shape index (κ2) is 6.01. The highest BCUT2D eigenvalue weighted by Gasteiger charge is 2.53. The Kier molecular flexibility index (Phi) is 4.11. The third-order valence-electron chi connectivity index (χ3n) is 7.20. The van der Waals surface area contributed by atoms with Gasteiger partial charge >= 0.3 is 0 Å². The molecule has 0 aromatic heterocycles. The van der Waals surface area contributed by atoms with Crippen molar-refractivity contribution in [2.45, 2.75) is 65.3 Å². The molecule has 24 heavy (non-hydrogen) atoms. The molecule has 2 N–H and O–H groups in total. The lowest BCUT2D eigenvalue weighted by atomic mass is 9.48. The minimum Gasteiger partial charge on any atom is -0.359 e. The van der Waals surface area contributed by atoms with E-state index in [1.54, 1.807) is 0 Å². The number of nitrogens with one attached hydrogen (secondary N) is 2. The molecule has 4 aliphatic rings. The predicted octanol–water partition coefficient (Wildman–Crippen LogP) is 5.19. The number of aryl methyl sites for hydroxylation is 1. The molecular formula is C21H30N2S. The molecule has 2 nitrogen and oxygen atoms in total. The second-order valence-corrected chi connectivity index (χ2v) is 9.26. The molecule has 0 aliphatic heterocycles. The lowest BCUT2D eigenvalue weighted by molar-refractivity contribution is -0.0671. The number of anilines is 1. The molecule has 4 fully saturated rings. The maximum atomic E-state index is 5.65. The van der Waals surface area contributed by atoms with E-state index in [0.29, 0.717) is 11.5 Å². The van der Waals surface area contributed by atoms with E-state index in [2.05, 4.69) is 49.6 Å². The second-order valence-electron chi connectivity index (χ2n) is 8.85. The summed E-state index contributed by atoms with van der Waals surface area (Å²) < 4.78 is 0. The summed E-state index contributed by atoms with van der Waals surface area (Å²) in [5, 5.41) is 7.87. The number of hydrogen-bond acceptors (Lipinski definition) is 1.